The van der Waals surface area contributed by atoms with Crippen LogP contribution in [0.2, 0.25) is 0 Å². The number of H-pyrrole nitrogens is 1. The van der Waals surface area contributed by atoms with Gasteiger partial charge in [-0.1, -0.05) is 0 Å². The van der Waals surface area contributed by atoms with Crippen molar-refractivity contribution in [2.45, 2.75) is 26.2 Å². The third-order valence-electron chi connectivity index (χ3n) is 3.72. The summed E-state index contributed by atoms with van der Waals surface area (Å²) in [5, 5.41) is 2.86. The highest BCUT2D eigenvalue weighted by Gasteiger charge is 2.27. The second-order valence-electron chi connectivity index (χ2n) is 5.30. The number of nitrogens with zero attached hydrogens (tertiary/aromatic N) is 1. The molecule has 0 fully saturated rings. The number of halogens is 2. The van der Waals surface area contributed by atoms with Gasteiger partial charge in [0.25, 0.3) is 0 Å². The maximum Gasteiger partial charge on any atom is 0.227 e. The molecule has 21 heavy (non-hydrogen) atoms. The number of anilines is 1. The number of imidazole rings is 1. The van der Waals surface area contributed by atoms with Crippen molar-refractivity contribution in [1.29, 1.82) is 0 Å². The zero-order valence-electron chi connectivity index (χ0n) is 11.5. The molecule has 4 nitrogen and oxygen atoms in total. The van der Waals surface area contributed by atoms with Gasteiger partial charge in [0.2, 0.25) is 5.91 Å². The molecular weight excluding hydrogens is 337 g/mol. The highest BCUT2D eigenvalue weighted by Crippen LogP contribution is 2.27. The number of hydrogen-bond donors (Lipinski definition) is 2. The summed E-state index contributed by atoms with van der Waals surface area (Å²) >= 11 is 3.26. The van der Waals surface area contributed by atoms with Gasteiger partial charge < -0.3 is 10.3 Å². The van der Waals surface area contributed by atoms with Crippen molar-refractivity contribution >= 4 is 27.5 Å². The van der Waals surface area contributed by atoms with E-state index < -0.39 is 0 Å². The molecule has 6 heteroatoms. The van der Waals surface area contributed by atoms with Crippen molar-refractivity contribution in [3.63, 3.8) is 0 Å². The number of benzene rings is 1. The largest absolute Gasteiger partial charge is 0.346 e. The first-order valence-corrected chi connectivity index (χ1v) is 7.62. The van der Waals surface area contributed by atoms with Crippen LogP contribution in [0.25, 0.3) is 0 Å². The molecule has 0 saturated heterocycles. The van der Waals surface area contributed by atoms with E-state index in [2.05, 4.69) is 31.2 Å². The molecule has 1 aliphatic rings. The molecule has 0 bridgehead atoms. The Bertz CT molecular complexity index is 698. The summed E-state index contributed by atoms with van der Waals surface area (Å²) in [5.74, 6) is 0.423. The number of carbonyl (C=O) groups is 1. The Morgan fingerprint density at radius 3 is 3.10 bits per heavy atom. The highest BCUT2D eigenvalue weighted by molar-refractivity contribution is 9.10. The zero-order valence-corrected chi connectivity index (χ0v) is 13.1. The summed E-state index contributed by atoms with van der Waals surface area (Å²) in [4.78, 5) is 20.0. The van der Waals surface area contributed by atoms with Gasteiger partial charge >= 0.3 is 0 Å². The number of amides is 1. The van der Waals surface area contributed by atoms with Crippen LogP contribution in [0.3, 0.4) is 0 Å². The Labute approximate surface area is 130 Å². The molecule has 1 atom stereocenters. The van der Waals surface area contributed by atoms with Crippen LogP contribution >= 0.6 is 15.9 Å². The summed E-state index contributed by atoms with van der Waals surface area (Å²) in [6.45, 7) is 1.92. The molecule has 1 amide bonds. The number of nitrogens with one attached hydrogen (secondary N) is 2. The fourth-order valence-corrected chi connectivity index (χ4v) is 3.12. The first kappa shape index (κ1) is 14.3. The first-order chi connectivity index (χ1) is 10.0. The van der Waals surface area contributed by atoms with Gasteiger partial charge in [0.1, 0.15) is 11.6 Å². The Hall–Kier alpha value is -1.69. The van der Waals surface area contributed by atoms with E-state index in [-0.39, 0.29) is 17.6 Å². The normalized spacial score (nSPS) is 17.4. The molecule has 1 heterocycles. The van der Waals surface area contributed by atoms with Gasteiger partial charge in [0.15, 0.2) is 0 Å². The number of aromatic nitrogens is 2. The number of rotatable bonds is 2. The van der Waals surface area contributed by atoms with Crippen LogP contribution in [0.1, 0.15) is 23.6 Å². The molecule has 3 rings (SSSR count). The summed E-state index contributed by atoms with van der Waals surface area (Å²) in [5.41, 5.74) is 2.71. The molecule has 0 aliphatic heterocycles. The van der Waals surface area contributed by atoms with Gasteiger partial charge in [-0.2, -0.15) is 0 Å². The van der Waals surface area contributed by atoms with Crippen LogP contribution in [-0.2, 0) is 17.6 Å². The molecule has 2 aromatic rings. The number of hydrogen-bond acceptors (Lipinski definition) is 2. The number of aromatic amines is 1. The highest BCUT2D eigenvalue weighted by atomic mass is 79.9. The molecule has 110 valence electrons. The quantitative estimate of drug-likeness (QED) is 0.871. The molecule has 0 radical (unpaired) electrons. The smallest absolute Gasteiger partial charge is 0.227 e. The summed E-state index contributed by atoms with van der Waals surface area (Å²) in [6, 6.07) is 4.23. The van der Waals surface area contributed by atoms with E-state index in [0.717, 1.165) is 30.1 Å². The lowest BCUT2D eigenvalue weighted by Crippen LogP contribution is -2.28. The van der Waals surface area contributed by atoms with Crippen LogP contribution in [-0.4, -0.2) is 15.9 Å². The Morgan fingerprint density at radius 1 is 1.52 bits per heavy atom. The minimum Gasteiger partial charge on any atom is -0.346 e. The molecule has 0 spiro atoms. The fraction of sp³-hybridized carbons (Fsp3) is 0.333. The second kappa shape index (κ2) is 5.60. The van der Waals surface area contributed by atoms with Crippen molar-refractivity contribution in [2.75, 3.05) is 5.32 Å². The molecule has 1 aromatic heterocycles. The van der Waals surface area contributed by atoms with E-state index in [4.69, 9.17) is 0 Å². The fourth-order valence-electron chi connectivity index (χ4n) is 2.67. The van der Waals surface area contributed by atoms with Crippen molar-refractivity contribution in [3.05, 3.63) is 45.7 Å². The Kier molecular flexibility index (Phi) is 3.80. The van der Waals surface area contributed by atoms with E-state index in [9.17, 15) is 9.18 Å². The summed E-state index contributed by atoms with van der Waals surface area (Å²) in [6.07, 6.45) is 2.26. The maximum atomic E-state index is 13.1. The molecular formula is C15H15BrFN3O. The predicted molar refractivity (Wildman–Crippen MR) is 81.6 cm³/mol. The average molecular weight is 352 g/mol. The SMILES string of the molecule is Cc1nc2c([nH]1)CC(C(=O)Nc1ccc(F)cc1Br)CC2. The monoisotopic (exact) mass is 351 g/mol. The van der Waals surface area contributed by atoms with Gasteiger partial charge in [0.05, 0.1) is 11.4 Å². The zero-order chi connectivity index (χ0) is 15.0. The summed E-state index contributed by atoms with van der Waals surface area (Å²) in [7, 11) is 0. The van der Waals surface area contributed by atoms with Gasteiger partial charge in [-0.05, 0) is 53.9 Å². The maximum absolute atomic E-state index is 13.1. The summed E-state index contributed by atoms with van der Waals surface area (Å²) < 4.78 is 13.6. The van der Waals surface area contributed by atoms with Gasteiger partial charge in [-0.3, -0.25) is 4.79 Å². The number of fused-ring (bicyclic) bond motifs is 1. The Morgan fingerprint density at radius 2 is 2.33 bits per heavy atom. The minimum atomic E-state index is -0.338. The van der Waals surface area contributed by atoms with Gasteiger partial charge in [-0.15, -0.1) is 0 Å². The van der Waals surface area contributed by atoms with Crippen LogP contribution in [0, 0.1) is 18.7 Å². The molecule has 1 aromatic carbocycles. The molecule has 2 N–H and O–H groups in total. The lowest BCUT2D eigenvalue weighted by molar-refractivity contribution is -0.120. The predicted octanol–water partition coefficient (Wildman–Crippen LogP) is 3.36. The standard InChI is InChI=1S/C15H15BrFN3O/c1-8-18-13-4-2-9(6-14(13)19-8)15(21)20-12-5-3-10(17)7-11(12)16/h3,5,7,9H,2,4,6H2,1H3,(H,18,19)(H,20,21). The van der Waals surface area contributed by atoms with E-state index in [1.807, 2.05) is 6.92 Å². The lowest BCUT2D eigenvalue weighted by atomic mass is 9.89. The van der Waals surface area contributed by atoms with Crippen LogP contribution in [0.15, 0.2) is 22.7 Å². The van der Waals surface area contributed by atoms with Crippen LogP contribution in [0.4, 0.5) is 10.1 Å². The molecule has 0 saturated carbocycles. The van der Waals surface area contributed by atoms with Crippen molar-refractivity contribution in [2.24, 2.45) is 5.92 Å². The average Bonchev–Trinajstić information content (AvgIpc) is 2.80. The third kappa shape index (κ3) is 3.00. The van der Waals surface area contributed by atoms with E-state index in [1.165, 1.54) is 12.1 Å². The van der Waals surface area contributed by atoms with Crippen molar-refractivity contribution < 1.29 is 9.18 Å². The van der Waals surface area contributed by atoms with Gasteiger partial charge in [0, 0.05) is 22.5 Å². The van der Waals surface area contributed by atoms with Crippen LogP contribution < -0.4 is 5.32 Å². The van der Waals surface area contributed by atoms with Crippen molar-refractivity contribution in [1.82, 2.24) is 9.97 Å². The van der Waals surface area contributed by atoms with Gasteiger partial charge in [-0.25, -0.2) is 9.37 Å². The topological polar surface area (TPSA) is 57.8 Å². The first-order valence-electron chi connectivity index (χ1n) is 6.83. The van der Waals surface area contributed by atoms with E-state index >= 15 is 0 Å². The third-order valence-corrected chi connectivity index (χ3v) is 4.38. The van der Waals surface area contributed by atoms with E-state index in [1.54, 1.807) is 6.07 Å². The Balaban J connectivity index is 1.72. The number of carbonyl (C=O) groups excluding carboxylic acids is 1. The number of aryl methyl sites for hydroxylation is 2. The van der Waals surface area contributed by atoms with Crippen molar-refractivity contribution in [3.8, 4) is 0 Å². The molecule has 1 unspecified atom stereocenters. The van der Waals surface area contributed by atoms with Crippen LogP contribution in [0.5, 0.6) is 0 Å². The second-order valence-corrected chi connectivity index (χ2v) is 6.15. The lowest BCUT2D eigenvalue weighted by Gasteiger charge is -2.21. The minimum absolute atomic E-state index is 0.0415. The molecule has 1 aliphatic carbocycles. The van der Waals surface area contributed by atoms with E-state index in [0.29, 0.717) is 16.6 Å².